The van der Waals surface area contributed by atoms with Crippen molar-refractivity contribution in [3.63, 3.8) is 0 Å². The molecule has 1 aliphatic carbocycles. The molecule has 1 aromatic carbocycles. The fraction of sp³-hybridized carbons (Fsp3) is 0.438. The molecule has 2 saturated heterocycles. The Labute approximate surface area is 111 Å². The van der Waals surface area contributed by atoms with Crippen LogP contribution in [-0.4, -0.2) is 28.4 Å². The summed E-state index contributed by atoms with van der Waals surface area (Å²) in [6, 6.07) is 9.04. The lowest BCUT2D eigenvalue weighted by molar-refractivity contribution is -0.128. The van der Waals surface area contributed by atoms with E-state index >= 15 is 0 Å². The summed E-state index contributed by atoms with van der Waals surface area (Å²) >= 11 is 0. The smallest absolute Gasteiger partial charge is 0.223 e. The maximum absolute atomic E-state index is 12.1. The van der Waals surface area contributed by atoms with E-state index in [1.54, 1.807) is 0 Å². The average Bonchev–Trinajstić information content (AvgIpc) is 3.07. The number of amides is 1. The van der Waals surface area contributed by atoms with Crippen LogP contribution in [0.3, 0.4) is 0 Å². The van der Waals surface area contributed by atoms with Crippen LogP contribution in [0.5, 0.6) is 0 Å². The number of hydrogen-bond donors (Lipinski definition) is 1. The molecule has 2 aliphatic heterocycles. The van der Waals surface area contributed by atoms with Gasteiger partial charge in [-0.05, 0) is 30.4 Å². The summed E-state index contributed by atoms with van der Waals surface area (Å²) in [5.74, 6) is 1.46. The molecule has 1 amide bonds. The Bertz CT molecular complexity index is 702. The number of aromatic nitrogens is 1. The minimum Gasteiger partial charge on any atom is -0.358 e. The van der Waals surface area contributed by atoms with Crippen LogP contribution in [0.2, 0.25) is 0 Å². The quantitative estimate of drug-likeness (QED) is 0.768. The normalized spacial score (nSPS) is 31.9. The predicted molar refractivity (Wildman–Crippen MR) is 73.0 cm³/mol. The van der Waals surface area contributed by atoms with Gasteiger partial charge >= 0.3 is 0 Å². The third kappa shape index (κ3) is 1.12. The van der Waals surface area contributed by atoms with Crippen molar-refractivity contribution in [2.45, 2.75) is 31.2 Å². The van der Waals surface area contributed by atoms with Gasteiger partial charge in [0.1, 0.15) is 0 Å². The first kappa shape index (κ1) is 10.1. The van der Waals surface area contributed by atoms with Gasteiger partial charge in [0, 0.05) is 41.5 Å². The van der Waals surface area contributed by atoms with Crippen molar-refractivity contribution >= 4 is 16.8 Å². The molecule has 1 aromatic heterocycles. The van der Waals surface area contributed by atoms with Crippen LogP contribution in [0.4, 0.5) is 0 Å². The second-order valence-corrected chi connectivity index (χ2v) is 6.20. The van der Waals surface area contributed by atoms with E-state index in [-0.39, 0.29) is 0 Å². The summed E-state index contributed by atoms with van der Waals surface area (Å²) in [6.45, 7) is 0.979. The van der Waals surface area contributed by atoms with E-state index in [2.05, 4.69) is 34.1 Å². The number of carbonyl (C=O) groups excluding carboxylic acids is 1. The molecule has 3 heteroatoms. The van der Waals surface area contributed by atoms with E-state index in [1.807, 2.05) is 0 Å². The number of hydrogen-bond acceptors (Lipinski definition) is 1. The standard InChI is InChI=1S/C16H16N2O/c19-14-8-12-15-11(7-9-5-6-18(14)16(9)12)10-3-1-2-4-13(10)17-15/h1-4,9,12,16-17H,5-8H2/t9-,12+,16-/m1/s1. The second-order valence-electron chi connectivity index (χ2n) is 6.20. The lowest BCUT2D eigenvalue weighted by atomic mass is 9.76. The minimum atomic E-state index is 0.365. The highest BCUT2D eigenvalue weighted by Crippen LogP contribution is 2.50. The first-order chi connectivity index (χ1) is 9.33. The summed E-state index contributed by atoms with van der Waals surface area (Å²) in [5.41, 5.74) is 4.07. The van der Waals surface area contributed by atoms with Gasteiger partial charge in [-0.15, -0.1) is 0 Å². The van der Waals surface area contributed by atoms with Gasteiger partial charge in [-0.1, -0.05) is 18.2 Å². The van der Waals surface area contributed by atoms with Crippen LogP contribution in [0.1, 0.15) is 30.0 Å². The van der Waals surface area contributed by atoms with Crippen LogP contribution in [-0.2, 0) is 11.2 Å². The molecular formula is C16H16N2O. The molecule has 0 bridgehead atoms. The van der Waals surface area contributed by atoms with Gasteiger partial charge in [0.25, 0.3) is 0 Å². The number of carbonyl (C=O) groups is 1. The molecule has 0 saturated carbocycles. The van der Waals surface area contributed by atoms with E-state index in [9.17, 15) is 4.79 Å². The van der Waals surface area contributed by atoms with Crippen LogP contribution < -0.4 is 0 Å². The number of aromatic amines is 1. The maximum Gasteiger partial charge on any atom is 0.223 e. The highest BCUT2D eigenvalue weighted by Gasteiger charge is 2.52. The number of para-hydroxylation sites is 1. The molecule has 3 aliphatic rings. The van der Waals surface area contributed by atoms with Gasteiger partial charge in [0.05, 0.1) is 0 Å². The van der Waals surface area contributed by atoms with Crippen LogP contribution in [0, 0.1) is 5.92 Å². The van der Waals surface area contributed by atoms with Gasteiger partial charge in [-0.2, -0.15) is 0 Å². The lowest BCUT2D eigenvalue weighted by Crippen LogP contribution is -2.35. The van der Waals surface area contributed by atoms with Crippen molar-refractivity contribution in [1.82, 2.24) is 9.88 Å². The molecule has 3 atom stereocenters. The molecule has 0 radical (unpaired) electrons. The number of fused-ring (bicyclic) bond motifs is 4. The first-order valence-electron chi connectivity index (χ1n) is 7.22. The van der Waals surface area contributed by atoms with E-state index in [0.717, 1.165) is 13.0 Å². The lowest BCUT2D eigenvalue weighted by Gasteiger charge is -2.31. The Morgan fingerprint density at radius 3 is 3.05 bits per heavy atom. The number of nitrogens with zero attached hydrogens (tertiary/aromatic N) is 1. The Balaban J connectivity index is 1.77. The molecule has 0 spiro atoms. The Morgan fingerprint density at radius 2 is 2.11 bits per heavy atom. The summed E-state index contributed by atoms with van der Waals surface area (Å²) in [4.78, 5) is 17.9. The van der Waals surface area contributed by atoms with Crippen molar-refractivity contribution in [3.05, 3.63) is 35.5 Å². The molecule has 5 rings (SSSR count). The third-order valence-corrected chi connectivity index (χ3v) is 5.39. The highest BCUT2D eigenvalue weighted by molar-refractivity contribution is 5.87. The summed E-state index contributed by atoms with van der Waals surface area (Å²) in [7, 11) is 0. The van der Waals surface area contributed by atoms with E-state index < -0.39 is 0 Å². The summed E-state index contributed by atoms with van der Waals surface area (Å²) in [6.07, 6.45) is 3.04. The molecule has 2 aromatic rings. The van der Waals surface area contributed by atoms with Crippen molar-refractivity contribution < 1.29 is 4.79 Å². The zero-order chi connectivity index (χ0) is 12.6. The molecule has 96 valence electrons. The zero-order valence-electron chi connectivity index (χ0n) is 10.7. The zero-order valence-corrected chi connectivity index (χ0v) is 10.7. The second kappa shape index (κ2) is 3.21. The molecule has 2 fully saturated rings. The van der Waals surface area contributed by atoms with Gasteiger partial charge in [0.2, 0.25) is 5.91 Å². The fourth-order valence-corrected chi connectivity index (χ4v) is 4.66. The third-order valence-electron chi connectivity index (χ3n) is 5.39. The Hall–Kier alpha value is -1.77. The SMILES string of the molecule is O=C1C[C@H]2c3[nH]c4ccccc4c3C[C@H]3CCN1[C@H]32. The maximum atomic E-state index is 12.1. The van der Waals surface area contributed by atoms with Crippen LogP contribution >= 0.6 is 0 Å². The van der Waals surface area contributed by atoms with Crippen LogP contribution in [0.15, 0.2) is 24.3 Å². The molecule has 0 unspecified atom stereocenters. The Kier molecular flexibility index (Phi) is 1.70. The van der Waals surface area contributed by atoms with Gasteiger partial charge in [-0.25, -0.2) is 0 Å². The van der Waals surface area contributed by atoms with Gasteiger partial charge in [0.15, 0.2) is 0 Å². The van der Waals surface area contributed by atoms with Gasteiger partial charge < -0.3 is 9.88 Å². The van der Waals surface area contributed by atoms with E-state index in [4.69, 9.17) is 0 Å². The number of nitrogens with one attached hydrogen (secondary N) is 1. The van der Waals surface area contributed by atoms with Crippen molar-refractivity contribution in [1.29, 1.82) is 0 Å². The highest BCUT2D eigenvalue weighted by atomic mass is 16.2. The number of benzene rings is 1. The summed E-state index contributed by atoms with van der Waals surface area (Å²) < 4.78 is 0. The predicted octanol–water partition coefficient (Wildman–Crippen LogP) is 2.43. The minimum absolute atomic E-state index is 0.365. The molecular weight excluding hydrogens is 236 g/mol. The Morgan fingerprint density at radius 1 is 1.21 bits per heavy atom. The van der Waals surface area contributed by atoms with E-state index in [0.29, 0.717) is 30.2 Å². The summed E-state index contributed by atoms with van der Waals surface area (Å²) in [5, 5.41) is 1.37. The van der Waals surface area contributed by atoms with Crippen molar-refractivity contribution in [3.8, 4) is 0 Å². The fourth-order valence-electron chi connectivity index (χ4n) is 4.66. The molecule has 3 nitrogen and oxygen atoms in total. The van der Waals surface area contributed by atoms with Gasteiger partial charge in [-0.3, -0.25) is 4.79 Å². The van der Waals surface area contributed by atoms with Crippen molar-refractivity contribution in [2.75, 3.05) is 6.54 Å². The molecule has 3 heterocycles. The van der Waals surface area contributed by atoms with E-state index in [1.165, 1.54) is 28.6 Å². The first-order valence-corrected chi connectivity index (χ1v) is 7.22. The number of rotatable bonds is 0. The molecule has 19 heavy (non-hydrogen) atoms. The average molecular weight is 252 g/mol. The largest absolute Gasteiger partial charge is 0.358 e. The van der Waals surface area contributed by atoms with Crippen molar-refractivity contribution in [2.24, 2.45) is 5.92 Å². The topological polar surface area (TPSA) is 36.1 Å². The number of H-pyrrole nitrogens is 1. The van der Waals surface area contributed by atoms with Crippen LogP contribution in [0.25, 0.3) is 10.9 Å². The monoisotopic (exact) mass is 252 g/mol. The molecule has 1 N–H and O–H groups in total.